The normalized spacial score (nSPS) is 53.4. The second-order valence-corrected chi connectivity index (χ2v) is 23.1. The molecule has 0 spiro atoms. The van der Waals surface area contributed by atoms with Gasteiger partial charge >= 0.3 is 5.97 Å². The summed E-state index contributed by atoms with van der Waals surface area (Å²) in [6, 6.07) is 0. The lowest BCUT2D eigenvalue weighted by atomic mass is 9.33. The van der Waals surface area contributed by atoms with Crippen molar-refractivity contribution in [2.45, 2.75) is 205 Å². The summed E-state index contributed by atoms with van der Waals surface area (Å²) >= 11 is 0. The summed E-state index contributed by atoms with van der Waals surface area (Å²) in [6.45, 7) is 15.0. The molecule has 17 heteroatoms. The van der Waals surface area contributed by atoms with Crippen LogP contribution in [0.25, 0.3) is 0 Å². The van der Waals surface area contributed by atoms with Crippen LogP contribution in [0.2, 0.25) is 0 Å². The fourth-order valence-corrected chi connectivity index (χ4v) is 14.7. The lowest BCUT2D eigenvalue weighted by molar-refractivity contribution is -0.328. The first-order valence-corrected chi connectivity index (χ1v) is 23.7. The first-order valence-electron chi connectivity index (χ1n) is 23.7. The topological polar surface area (TPSA) is 275 Å². The second kappa shape index (κ2) is 17.2. The average Bonchev–Trinajstić information content (AvgIpc) is 3.24. The molecule has 8 rings (SSSR count). The SMILES string of the molecule is CC1(C)CC[C@]2(C(=O)O[C@@H]3O[C@H](CO[C@@H]4O[C@H](CO)[C@@H](O)[C@@H](O)[C@H]4O)[C@@H](O)[C@H](O)[C@H]3O)CC[C@]3(C)C(=CC[C@@H]4[C@@]5(C)CC[C@H](O[C@@H]6OC[C@H](O)[C@H](O)[C@H]6O)C(C)(C)[C@@H]5CC[C@]43C)[C@@H]2C1. The van der Waals surface area contributed by atoms with E-state index in [2.05, 4.69) is 54.5 Å². The Balaban J connectivity index is 1.01. The molecule has 0 aromatic heterocycles. The molecule has 3 saturated heterocycles. The Kier molecular flexibility index (Phi) is 13.2. The van der Waals surface area contributed by atoms with Gasteiger partial charge in [0.1, 0.15) is 67.1 Å². The minimum atomic E-state index is -1.79. The van der Waals surface area contributed by atoms with E-state index < -0.39 is 111 Å². The molecule has 3 aliphatic heterocycles. The maximum atomic E-state index is 14.9. The first kappa shape index (κ1) is 49.0. The van der Waals surface area contributed by atoms with Gasteiger partial charge < -0.3 is 79.5 Å². The van der Waals surface area contributed by atoms with Crippen LogP contribution in [0.3, 0.4) is 0 Å². The highest BCUT2D eigenvalue weighted by atomic mass is 16.7. The van der Waals surface area contributed by atoms with E-state index in [1.54, 1.807) is 0 Å². The number of fused-ring (bicyclic) bond motifs is 7. The van der Waals surface area contributed by atoms with Crippen molar-refractivity contribution in [3.63, 3.8) is 0 Å². The molecule has 17 nitrogen and oxygen atoms in total. The molecular formula is C47H76O17. The largest absolute Gasteiger partial charge is 0.432 e. The molecule has 22 atom stereocenters. The van der Waals surface area contributed by atoms with Crippen LogP contribution in [-0.2, 0) is 33.2 Å². The van der Waals surface area contributed by atoms with Crippen LogP contribution >= 0.6 is 0 Å². The van der Waals surface area contributed by atoms with Crippen LogP contribution in [-0.4, -0.2) is 169 Å². The van der Waals surface area contributed by atoms with Gasteiger partial charge in [-0.25, -0.2) is 0 Å². The third kappa shape index (κ3) is 7.67. The van der Waals surface area contributed by atoms with Crippen LogP contribution in [0.1, 0.15) is 113 Å². The van der Waals surface area contributed by atoms with Gasteiger partial charge in [0, 0.05) is 0 Å². The molecule has 64 heavy (non-hydrogen) atoms. The highest BCUT2D eigenvalue weighted by Gasteiger charge is 2.70. The molecule has 0 radical (unpaired) electrons. The molecular weight excluding hydrogens is 836 g/mol. The van der Waals surface area contributed by atoms with Crippen molar-refractivity contribution in [1.29, 1.82) is 0 Å². The van der Waals surface area contributed by atoms with Crippen molar-refractivity contribution in [2.75, 3.05) is 19.8 Å². The number of aliphatic hydroxyl groups is 10. The van der Waals surface area contributed by atoms with Crippen molar-refractivity contribution in [1.82, 2.24) is 0 Å². The van der Waals surface area contributed by atoms with Crippen LogP contribution in [0.15, 0.2) is 11.6 Å². The van der Waals surface area contributed by atoms with Crippen molar-refractivity contribution in [2.24, 2.45) is 50.2 Å². The molecule has 0 bridgehead atoms. The third-order valence-electron chi connectivity index (χ3n) is 18.9. The molecule has 7 fully saturated rings. The fourth-order valence-electron chi connectivity index (χ4n) is 14.7. The van der Waals surface area contributed by atoms with Crippen molar-refractivity contribution < 1.29 is 84.3 Å². The zero-order valence-electron chi connectivity index (χ0n) is 38.5. The Bertz CT molecular complexity index is 1740. The molecule has 0 unspecified atom stereocenters. The van der Waals surface area contributed by atoms with Gasteiger partial charge in [0.2, 0.25) is 6.29 Å². The Hall–Kier alpha value is -1.39. The second-order valence-electron chi connectivity index (χ2n) is 23.1. The summed E-state index contributed by atoms with van der Waals surface area (Å²) in [4.78, 5) is 14.9. The number of allylic oxidation sites excluding steroid dienone is 2. The van der Waals surface area contributed by atoms with Gasteiger partial charge in [0.15, 0.2) is 12.6 Å². The minimum Gasteiger partial charge on any atom is -0.432 e. The Morgan fingerprint density at radius 3 is 2.00 bits per heavy atom. The number of carbonyl (C=O) groups excluding carboxylic acids is 1. The van der Waals surface area contributed by atoms with Crippen molar-refractivity contribution in [3.8, 4) is 0 Å². The Labute approximate surface area is 376 Å². The van der Waals surface area contributed by atoms with E-state index in [1.165, 1.54) is 5.57 Å². The zero-order chi connectivity index (χ0) is 46.7. The highest BCUT2D eigenvalue weighted by molar-refractivity contribution is 5.79. The van der Waals surface area contributed by atoms with E-state index in [4.69, 9.17) is 28.4 Å². The maximum absolute atomic E-state index is 14.9. The summed E-state index contributed by atoms with van der Waals surface area (Å²) < 4.78 is 35.3. The van der Waals surface area contributed by atoms with Gasteiger partial charge in [0.05, 0.1) is 31.3 Å². The number of hydrogen-bond acceptors (Lipinski definition) is 17. The molecule has 3 heterocycles. The summed E-state index contributed by atoms with van der Waals surface area (Å²) in [5, 5.41) is 105. The van der Waals surface area contributed by atoms with Gasteiger partial charge in [0.25, 0.3) is 0 Å². The summed E-state index contributed by atoms with van der Waals surface area (Å²) in [5.74, 6) is -0.0729. The van der Waals surface area contributed by atoms with Gasteiger partial charge in [-0.3, -0.25) is 4.79 Å². The first-order chi connectivity index (χ1) is 29.9. The van der Waals surface area contributed by atoms with Crippen LogP contribution < -0.4 is 0 Å². The lowest BCUT2D eigenvalue weighted by Crippen LogP contribution is -2.66. The van der Waals surface area contributed by atoms with E-state index in [0.29, 0.717) is 24.7 Å². The predicted molar refractivity (Wildman–Crippen MR) is 224 cm³/mol. The molecule has 366 valence electrons. The summed E-state index contributed by atoms with van der Waals surface area (Å²) in [5.41, 5.74) is -0.415. The van der Waals surface area contributed by atoms with Gasteiger partial charge in [-0.15, -0.1) is 0 Å². The number of ether oxygens (including phenoxy) is 6. The van der Waals surface area contributed by atoms with E-state index >= 15 is 0 Å². The highest BCUT2D eigenvalue weighted by Crippen LogP contribution is 2.76. The average molecular weight is 913 g/mol. The molecule has 0 aromatic rings. The molecule has 0 aromatic carbocycles. The van der Waals surface area contributed by atoms with Gasteiger partial charge in [-0.2, -0.15) is 0 Å². The maximum Gasteiger partial charge on any atom is 0.315 e. The number of aliphatic hydroxyl groups excluding tert-OH is 10. The monoisotopic (exact) mass is 913 g/mol. The number of hydrogen-bond donors (Lipinski definition) is 10. The number of carbonyl (C=O) groups is 1. The van der Waals surface area contributed by atoms with Crippen molar-refractivity contribution in [3.05, 3.63) is 11.6 Å². The minimum absolute atomic E-state index is 0.0502. The zero-order valence-corrected chi connectivity index (χ0v) is 38.5. The van der Waals surface area contributed by atoms with Crippen LogP contribution in [0.4, 0.5) is 0 Å². The van der Waals surface area contributed by atoms with Crippen LogP contribution in [0, 0.1) is 50.2 Å². The van der Waals surface area contributed by atoms with E-state index in [1.807, 2.05) is 0 Å². The predicted octanol–water partition coefficient (Wildman–Crippen LogP) is 0.780. The summed E-state index contributed by atoms with van der Waals surface area (Å²) in [7, 11) is 0. The standard InChI is InChI=1S/C47H76O17/c1-42(2)14-16-47(41(58)64-40-37(57)34(54)32(52)26(62-40)21-60-38-36(56)33(53)31(51)25(19-48)61-38)17-15-45(6)22(23(47)18-42)8-9-28-44(5)12-11-29(43(3,4)27(44)10-13-46(28,45)7)63-39-35(55)30(50)24(49)20-59-39/h8,23-40,48-57H,9-21H2,1-7H3/t23-,24-,25+,26+,27-,28+,29-,30-,31+,32+,33+,34-,35+,36+,37+,38+,39-,40-,44-,45+,46+,47-/m0/s1. The molecule has 0 amide bonds. The molecule has 4 saturated carbocycles. The fraction of sp³-hybridized carbons (Fsp3) is 0.936. The number of rotatable bonds is 8. The Morgan fingerprint density at radius 1 is 0.688 bits per heavy atom. The molecule has 5 aliphatic carbocycles. The van der Waals surface area contributed by atoms with E-state index in [0.717, 1.165) is 51.4 Å². The lowest BCUT2D eigenvalue weighted by Gasteiger charge is -2.71. The van der Waals surface area contributed by atoms with Gasteiger partial charge in [-0.05, 0) is 109 Å². The quantitative estimate of drug-likeness (QED) is 0.0916. The molecule has 8 aliphatic rings. The van der Waals surface area contributed by atoms with Gasteiger partial charge in [-0.1, -0.05) is 60.1 Å². The van der Waals surface area contributed by atoms with Crippen LogP contribution in [0.5, 0.6) is 0 Å². The summed E-state index contributed by atoms with van der Waals surface area (Å²) in [6.07, 6.45) is -11.0. The Morgan fingerprint density at radius 2 is 1.31 bits per heavy atom. The number of esters is 1. The third-order valence-corrected chi connectivity index (χ3v) is 18.9. The molecule has 10 N–H and O–H groups in total. The van der Waals surface area contributed by atoms with E-state index in [-0.39, 0.29) is 45.7 Å². The van der Waals surface area contributed by atoms with Crippen molar-refractivity contribution >= 4 is 5.97 Å². The smallest absolute Gasteiger partial charge is 0.315 e. The van der Waals surface area contributed by atoms with E-state index in [9.17, 15) is 55.9 Å².